The van der Waals surface area contributed by atoms with Crippen molar-refractivity contribution in [2.24, 2.45) is 0 Å². The van der Waals surface area contributed by atoms with Crippen molar-refractivity contribution in [2.75, 3.05) is 16.0 Å². The van der Waals surface area contributed by atoms with Gasteiger partial charge in [0, 0.05) is 22.3 Å². The highest BCUT2D eigenvalue weighted by atomic mass is 32.2. The standard InChI is InChI=1S/C26H22N2O6S/c1-15-11-16-5-2-3-8-22(16)28(15)23(29)14-35-19-7-4-6-18(13-19)27-24(30)20-10-9-17(25(31)32)12-21(20)26(33)34/h2-10,12-13,15H,11,14H2,1H3,(H,27,30)(H,31,32)(H,33,34). The molecule has 1 atom stereocenters. The van der Waals surface area contributed by atoms with Crippen LogP contribution in [0, 0.1) is 0 Å². The number of anilines is 2. The Kier molecular flexibility index (Phi) is 6.88. The van der Waals surface area contributed by atoms with E-state index in [9.17, 15) is 24.3 Å². The lowest BCUT2D eigenvalue weighted by atomic mass is 10.0. The smallest absolute Gasteiger partial charge is 0.336 e. The topological polar surface area (TPSA) is 124 Å². The lowest BCUT2D eigenvalue weighted by molar-refractivity contribution is -0.116. The number of para-hydroxylation sites is 1. The normalized spacial score (nSPS) is 14.3. The zero-order valence-electron chi connectivity index (χ0n) is 18.7. The van der Waals surface area contributed by atoms with Crippen LogP contribution in [0.15, 0.2) is 71.6 Å². The largest absolute Gasteiger partial charge is 0.478 e. The van der Waals surface area contributed by atoms with Gasteiger partial charge in [-0.2, -0.15) is 0 Å². The van der Waals surface area contributed by atoms with E-state index in [2.05, 4.69) is 5.32 Å². The Bertz CT molecular complexity index is 1340. The molecule has 3 N–H and O–H groups in total. The number of rotatable bonds is 7. The van der Waals surface area contributed by atoms with Gasteiger partial charge in [-0.25, -0.2) is 9.59 Å². The SMILES string of the molecule is CC1Cc2ccccc2N1C(=O)CSc1cccc(NC(=O)c2ccc(C(=O)O)cc2C(=O)O)c1. The number of thioether (sulfide) groups is 1. The second kappa shape index (κ2) is 10.0. The Morgan fingerprint density at radius 1 is 0.943 bits per heavy atom. The van der Waals surface area contributed by atoms with Gasteiger partial charge >= 0.3 is 11.9 Å². The molecule has 3 aromatic carbocycles. The van der Waals surface area contributed by atoms with Crippen LogP contribution in [-0.2, 0) is 11.2 Å². The van der Waals surface area contributed by atoms with Gasteiger partial charge in [0.2, 0.25) is 5.91 Å². The fourth-order valence-electron chi connectivity index (χ4n) is 4.07. The Morgan fingerprint density at radius 3 is 2.46 bits per heavy atom. The number of benzene rings is 3. The van der Waals surface area contributed by atoms with Crippen LogP contribution >= 0.6 is 11.8 Å². The number of carboxylic acids is 2. The molecule has 1 heterocycles. The highest BCUT2D eigenvalue weighted by Gasteiger charge is 2.30. The molecule has 178 valence electrons. The van der Waals surface area contributed by atoms with E-state index in [0.29, 0.717) is 5.69 Å². The highest BCUT2D eigenvalue weighted by molar-refractivity contribution is 8.00. The molecular weight excluding hydrogens is 468 g/mol. The quantitative estimate of drug-likeness (QED) is 0.419. The number of carbonyl (C=O) groups is 4. The summed E-state index contributed by atoms with van der Waals surface area (Å²) in [7, 11) is 0. The van der Waals surface area contributed by atoms with E-state index in [0.717, 1.165) is 28.6 Å². The molecule has 9 heteroatoms. The van der Waals surface area contributed by atoms with E-state index in [1.54, 1.807) is 18.2 Å². The van der Waals surface area contributed by atoms with E-state index in [-0.39, 0.29) is 28.8 Å². The molecular formula is C26H22N2O6S. The predicted octanol–water partition coefficient (Wildman–Crippen LogP) is 4.41. The first-order chi connectivity index (χ1) is 16.7. The molecule has 4 rings (SSSR count). The van der Waals surface area contributed by atoms with E-state index >= 15 is 0 Å². The van der Waals surface area contributed by atoms with Crippen molar-refractivity contribution in [1.82, 2.24) is 0 Å². The van der Waals surface area contributed by atoms with Gasteiger partial charge in [-0.05, 0) is 61.4 Å². The summed E-state index contributed by atoms with van der Waals surface area (Å²) in [6, 6.07) is 18.1. The Balaban J connectivity index is 1.45. The van der Waals surface area contributed by atoms with Crippen LogP contribution in [0.4, 0.5) is 11.4 Å². The highest BCUT2D eigenvalue weighted by Crippen LogP contribution is 2.33. The van der Waals surface area contributed by atoms with Crippen molar-refractivity contribution in [2.45, 2.75) is 24.3 Å². The molecule has 35 heavy (non-hydrogen) atoms. The summed E-state index contributed by atoms with van der Waals surface area (Å²) in [6.45, 7) is 2.02. The minimum atomic E-state index is -1.40. The van der Waals surface area contributed by atoms with Crippen molar-refractivity contribution in [3.05, 3.63) is 89.0 Å². The number of hydrogen-bond donors (Lipinski definition) is 3. The number of hydrogen-bond acceptors (Lipinski definition) is 5. The second-order valence-corrected chi connectivity index (χ2v) is 9.14. The van der Waals surface area contributed by atoms with E-state index in [1.807, 2.05) is 42.2 Å². The summed E-state index contributed by atoms with van der Waals surface area (Å²) in [5.74, 6) is -3.16. The zero-order chi connectivity index (χ0) is 25.1. The Morgan fingerprint density at radius 2 is 1.71 bits per heavy atom. The third kappa shape index (κ3) is 5.20. The lowest BCUT2D eigenvalue weighted by Crippen LogP contribution is -2.36. The van der Waals surface area contributed by atoms with Gasteiger partial charge < -0.3 is 20.4 Å². The van der Waals surface area contributed by atoms with Crippen LogP contribution in [0.3, 0.4) is 0 Å². The van der Waals surface area contributed by atoms with Gasteiger partial charge in [-0.1, -0.05) is 24.3 Å². The molecule has 1 aliphatic rings. The van der Waals surface area contributed by atoms with Crippen LogP contribution in [0.5, 0.6) is 0 Å². The summed E-state index contributed by atoms with van der Waals surface area (Å²) >= 11 is 1.34. The number of aromatic carboxylic acids is 2. The lowest BCUT2D eigenvalue weighted by Gasteiger charge is -2.22. The monoisotopic (exact) mass is 490 g/mol. The maximum Gasteiger partial charge on any atom is 0.336 e. The Hall–Kier alpha value is -4.11. The van der Waals surface area contributed by atoms with Gasteiger partial charge in [0.15, 0.2) is 0 Å². The molecule has 0 radical (unpaired) electrons. The van der Waals surface area contributed by atoms with Gasteiger partial charge in [-0.15, -0.1) is 11.8 Å². The molecule has 0 spiro atoms. The van der Waals surface area contributed by atoms with E-state index in [4.69, 9.17) is 5.11 Å². The number of carbonyl (C=O) groups excluding carboxylic acids is 2. The van der Waals surface area contributed by atoms with Crippen molar-refractivity contribution < 1.29 is 29.4 Å². The molecule has 0 fully saturated rings. The van der Waals surface area contributed by atoms with Crippen LogP contribution < -0.4 is 10.2 Å². The maximum atomic E-state index is 13.0. The summed E-state index contributed by atoms with van der Waals surface area (Å²) < 4.78 is 0. The third-order valence-corrected chi connectivity index (χ3v) is 6.65. The second-order valence-electron chi connectivity index (χ2n) is 8.09. The van der Waals surface area contributed by atoms with Crippen LogP contribution in [0.25, 0.3) is 0 Å². The molecule has 0 bridgehead atoms. The predicted molar refractivity (Wildman–Crippen MR) is 133 cm³/mol. The van der Waals surface area contributed by atoms with Crippen LogP contribution in [0.2, 0.25) is 0 Å². The number of carboxylic acid groups (broad SMARTS) is 2. The molecule has 0 saturated heterocycles. The molecule has 0 aromatic heterocycles. The Labute approximate surface area is 205 Å². The van der Waals surface area contributed by atoms with Crippen LogP contribution in [0.1, 0.15) is 43.6 Å². The average Bonchev–Trinajstić information content (AvgIpc) is 3.18. The van der Waals surface area contributed by atoms with Gasteiger partial charge in [0.05, 0.1) is 22.4 Å². The summed E-state index contributed by atoms with van der Waals surface area (Å²) in [6.07, 6.45) is 0.819. The first-order valence-corrected chi connectivity index (χ1v) is 11.8. The van der Waals surface area contributed by atoms with Crippen molar-refractivity contribution in [3.63, 3.8) is 0 Å². The number of nitrogens with one attached hydrogen (secondary N) is 1. The average molecular weight is 491 g/mol. The first kappa shape index (κ1) is 24.0. The number of fused-ring (bicyclic) bond motifs is 1. The molecule has 2 amide bonds. The minimum Gasteiger partial charge on any atom is -0.478 e. The van der Waals surface area contributed by atoms with E-state index < -0.39 is 23.4 Å². The summed E-state index contributed by atoms with van der Waals surface area (Å²) in [5, 5.41) is 21.1. The van der Waals surface area contributed by atoms with Crippen molar-refractivity contribution in [1.29, 1.82) is 0 Å². The van der Waals surface area contributed by atoms with Crippen molar-refractivity contribution >= 4 is 46.9 Å². The first-order valence-electron chi connectivity index (χ1n) is 10.8. The molecule has 1 unspecified atom stereocenters. The number of nitrogens with zero attached hydrogens (tertiary/aromatic N) is 1. The zero-order valence-corrected chi connectivity index (χ0v) is 19.5. The van der Waals surface area contributed by atoms with Gasteiger partial charge in [0.25, 0.3) is 5.91 Å². The van der Waals surface area contributed by atoms with E-state index in [1.165, 1.54) is 23.9 Å². The summed E-state index contributed by atoms with van der Waals surface area (Å²) in [5.41, 5.74) is 1.73. The molecule has 8 nitrogen and oxygen atoms in total. The van der Waals surface area contributed by atoms with Gasteiger partial charge in [-0.3, -0.25) is 9.59 Å². The number of amides is 2. The third-order valence-electron chi connectivity index (χ3n) is 5.67. The van der Waals surface area contributed by atoms with Crippen LogP contribution in [-0.4, -0.2) is 45.8 Å². The molecule has 0 saturated carbocycles. The fourth-order valence-corrected chi connectivity index (χ4v) is 4.89. The van der Waals surface area contributed by atoms with Crippen molar-refractivity contribution in [3.8, 4) is 0 Å². The molecule has 0 aliphatic carbocycles. The fraction of sp³-hybridized carbons (Fsp3) is 0.154. The maximum absolute atomic E-state index is 13.0. The minimum absolute atomic E-state index is 0.00786. The molecule has 3 aromatic rings. The molecule has 1 aliphatic heterocycles. The van der Waals surface area contributed by atoms with Gasteiger partial charge in [0.1, 0.15) is 0 Å². The summed E-state index contributed by atoms with van der Waals surface area (Å²) in [4.78, 5) is 51.0.